The second-order valence-electron chi connectivity index (χ2n) is 3.39. The Morgan fingerprint density at radius 1 is 1.18 bits per heavy atom. The predicted octanol–water partition coefficient (Wildman–Crippen LogP) is 2.58. The number of ether oxygens (including phenoxy) is 2. The van der Waals surface area contributed by atoms with Crippen molar-refractivity contribution in [1.29, 1.82) is 0 Å². The molecule has 1 aromatic rings. The zero-order valence-electron chi connectivity index (χ0n) is 9.54. The van der Waals surface area contributed by atoms with Crippen molar-refractivity contribution in [3.8, 4) is 5.75 Å². The van der Waals surface area contributed by atoms with Crippen LogP contribution in [0.25, 0.3) is 0 Å². The lowest BCUT2D eigenvalue weighted by molar-refractivity contribution is 0.0975. The minimum Gasteiger partial charge on any atom is -0.485 e. The van der Waals surface area contributed by atoms with Crippen molar-refractivity contribution in [2.75, 3.05) is 19.8 Å². The zero-order valence-corrected chi connectivity index (χ0v) is 9.54. The van der Waals surface area contributed by atoms with E-state index in [2.05, 4.69) is 0 Å². The number of carbonyl (C=O) groups excluding carboxylic acids is 1. The molecule has 0 fully saturated rings. The molecule has 0 bridgehead atoms. The first-order chi connectivity index (χ1) is 8.19. The Hall–Kier alpha value is -1.49. The fraction of sp³-hybridized carbons (Fsp3) is 0.417. The second-order valence-corrected chi connectivity index (χ2v) is 3.39. The third-order valence-electron chi connectivity index (χ3n) is 1.98. The third kappa shape index (κ3) is 4.11. The fourth-order valence-corrected chi connectivity index (χ4v) is 1.23. The summed E-state index contributed by atoms with van der Waals surface area (Å²) in [5.41, 5.74) is -0.0606. The van der Waals surface area contributed by atoms with Crippen molar-refractivity contribution >= 4 is 6.29 Å². The highest BCUT2D eigenvalue weighted by molar-refractivity contribution is 5.75. The molecule has 0 aliphatic rings. The van der Waals surface area contributed by atoms with Crippen LogP contribution < -0.4 is 4.74 Å². The second kappa shape index (κ2) is 6.96. The lowest BCUT2D eigenvalue weighted by Gasteiger charge is -2.08. The highest BCUT2D eigenvalue weighted by atomic mass is 19.1. The fourth-order valence-electron chi connectivity index (χ4n) is 1.23. The molecule has 1 rings (SSSR count). The van der Waals surface area contributed by atoms with Crippen LogP contribution in [0.1, 0.15) is 23.7 Å². The van der Waals surface area contributed by atoms with E-state index in [1.54, 1.807) is 0 Å². The molecule has 0 radical (unpaired) electrons. The first-order valence-electron chi connectivity index (χ1n) is 5.33. The summed E-state index contributed by atoms with van der Waals surface area (Å²) in [5.74, 6) is -2.25. The molecule has 0 spiro atoms. The zero-order chi connectivity index (χ0) is 12.7. The molecule has 0 saturated carbocycles. The van der Waals surface area contributed by atoms with Crippen LogP contribution in [0.2, 0.25) is 0 Å². The minimum absolute atomic E-state index is 0.0606. The Morgan fingerprint density at radius 2 is 1.82 bits per heavy atom. The first-order valence-corrected chi connectivity index (χ1v) is 5.33. The van der Waals surface area contributed by atoms with Crippen LogP contribution in [-0.2, 0) is 4.74 Å². The van der Waals surface area contributed by atoms with Crippen molar-refractivity contribution in [3.63, 3.8) is 0 Å². The summed E-state index contributed by atoms with van der Waals surface area (Å²) >= 11 is 0. The number of hydrogen-bond donors (Lipinski definition) is 0. The lowest BCUT2D eigenvalue weighted by atomic mass is 10.2. The largest absolute Gasteiger partial charge is 0.485 e. The molecule has 0 aromatic heterocycles. The monoisotopic (exact) mass is 244 g/mol. The quantitative estimate of drug-likeness (QED) is 0.546. The summed E-state index contributed by atoms with van der Waals surface area (Å²) in [4.78, 5) is 10.4. The Morgan fingerprint density at radius 3 is 2.35 bits per heavy atom. The minimum atomic E-state index is -0.886. The summed E-state index contributed by atoms with van der Waals surface area (Å²) in [7, 11) is 0. The standard InChI is InChI=1S/C12H14F2O3/c1-2-3-16-4-5-17-12-10(13)6-9(8-15)7-11(12)14/h6-8H,2-5H2,1H3. The van der Waals surface area contributed by atoms with Gasteiger partial charge in [-0.15, -0.1) is 0 Å². The molecular formula is C12H14F2O3. The SMILES string of the molecule is CCCOCCOc1c(F)cc(C=O)cc1F. The van der Waals surface area contributed by atoms with E-state index in [-0.39, 0.29) is 18.8 Å². The van der Waals surface area contributed by atoms with Gasteiger partial charge in [-0.1, -0.05) is 6.92 Å². The van der Waals surface area contributed by atoms with Crippen LogP contribution in [0.3, 0.4) is 0 Å². The van der Waals surface area contributed by atoms with E-state index < -0.39 is 17.4 Å². The molecule has 0 amide bonds. The third-order valence-corrected chi connectivity index (χ3v) is 1.98. The Balaban J connectivity index is 2.56. The van der Waals surface area contributed by atoms with Gasteiger partial charge in [0.1, 0.15) is 12.9 Å². The van der Waals surface area contributed by atoms with Gasteiger partial charge >= 0.3 is 0 Å². The molecule has 0 saturated heterocycles. The molecule has 0 atom stereocenters. The molecule has 5 heteroatoms. The first kappa shape index (κ1) is 13.6. The number of benzene rings is 1. The van der Waals surface area contributed by atoms with Crippen molar-refractivity contribution < 1.29 is 23.0 Å². The molecule has 3 nitrogen and oxygen atoms in total. The van der Waals surface area contributed by atoms with Crippen LogP contribution in [0, 0.1) is 11.6 Å². The summed E-state index contributed by atoms with van der Waals surface area (Å²) in [6.07, 6.45) is 1.25. The van der Waals surface area contributed by atoms with Gasteiger partial charge in [0, 0.05) is 12.2 Å². The summed E-state index contributed by atoms with van der Waals surface area (Å²) in [6.45, 7) is 2.87. The molecule has 1 aromatic carbocycles. The molecule has 94 valence electrons. The van der Waals surface area contributed by atoms with Crippen LogP contribution in [0.4, 0.5) is 8.78 Å². The number of hydrogen-bond acceptors (Lipinski definition) is 3. The molecular weight excluding hydrogens is 230 g/mol. The molecule has 0 N–H and O–H groups in total. The maximum Gasteiger partial charge on any atom is 0.190 e. The van der Waals surface area contributed by atoms with Crippen molar-refractivity contribution in [3.05, 3.63) is 29.3 Å². The van der Waals surface area contributed by atoms with Gasteiger partial charge in [-0.25, -0.2) is 8.78 Å². The highest BCUT2D eigenvalue weighted by Crippen LogP contribution is 2.22. The van der Waals surface area contributed by atoms with Gasteiger partial charge in [-0.05, 0) is 18.6 Å². The molecule has 17 heavy (non-hydrogen) atoms. The van der Waals surface area contributed by atoms with Crippen LogP contribution >= 0.6 is 0 Å². The smallest absolute Gasteiger partial charge is 0.190 e. The maximum absolute atomic E-state index is 13.3. The number of carbonyl (C=O) groups is 1. The van der Waals surface area contributed by atoms with E-state index >= 15 is 0 Å². The van der Waals surface area contributed by atoms with E-state index in [1.165, 1.54) is 0 Å². The average molecular weight is 244 g/mol. The van der Waals surface area contributed by atoms with Gasteiger partial charge in [-0.3, -0.25) is 4.79 Å². The normalized spacial score (nSPS) is 10.3. The number of aldehydes is 1. The topological polar surface area (TPSA) is 35.5 Å². The Labute approximate surface area is 98.3 Å². The van der Waals surface area contributed by atoms with Gasteiger partial charge in [0.15, 0.2) is 17.4 Å². The van der Waals surface area contributed by atoms with E-state index in [9.17, 15) is 13.6 Å². The summed E-state index contributed by atoms with van der Waals surface area (Å²) in [5, 5.41) is 0. The summed E-state index contributed by atoms with van der Waals surface area (Å²) < 4.78 is 36.6. The highest BCUT2D eigenvalue weighted by Gasteiger charge is 2.12. The summed E-state index contributed by atoms with van der Waals surface area (Å²) in [6, 6.07) is 1.86. The molecule has 0 unspecified atom stereocenters. The van der Waals surface area contributed by atoms with Crippen molar-refractivity contribution in [2.24, 2.45) is 0 Å². The molecule has 0 aliphatic carbocycles. The molecule has 0 heterocycles. The van der Waals surface area contributed by atoms with Crippen molar-refractivity contribution in [2.45, 2.75) is 13.3 Å². The van der Waals surface area contributed by atoms with Crippen LogP contribution in [0.5, 0.6) is 5.75 Å². The van der Waals surface area contributed by atoms with Gasteiger partial charge in [0.25, 0.3) is 0 Å². The van der Waals surface area contributed by atoms with E-state index in [0.29, 0.717) is 12.9 Å². The number of rotatable bonds is 7. The van der Waals surface area contributed by atoms with E-state index in [0.717, 1.165) is 18.6 Å². The lowest BCUT2D eigenvalue weighted by Crippen LogP contribution is -2.09. The maximum atomic E-state index is 13.3. The Kier molecular flexibility index (Phi) is 5.56. The van der Waals surface area contributed by atoms with Crippen LogP contribution in [-0.4, -0.2) is 26.1 Å². The van der Waals surface area contributed by atoms with E-state index in [4.69, 9.17) is 9.47 Å². The van der Waals surface area contributed by atoms with Crippen molar-refractivity contribution in [1.82, 2.24) is 0 Å². The van der Waals surface area contributed by atoms with Gasteiger partial charge in [-0.2, -0.15) is 0 Å². The molecule has 0 aliphatic heterocycles. The van der Waals surface area contributed by atoms with Gasteiger partial charge in [0.2, 0.25) is 0 Å². The van der Waals surface area contributed by atoms with Gasteiger partial charge in [0.05, 0.1) is 6.61 Å². The van der Waals surface area contributed by atoms with Crippen LogP contribution in [0.15, 0.2) is 12.1 Å². The predicted molar refractivity (Wildman–Crippen MR) is 58.4 cm³/mol. The van der Waals surface area contributed by atoms with E-state index in [1.807, 2.05) is 6.92 Å². The average Bonchev–Trinajstić information content (AvgIpc) is 2.31. The van der Waals surface area contributed by atoms with Gasteiger partial charge < -0.3 is 9.47 Å². The Bertz CT molecular complexity index is 357. The number of halogens is 2.